The van der Waals surface area contributed by atoms with Gasteiger partial charge in [0.05, 0.1) is 0 Å². The summed E-state index contributed by atoms with van der Waals surface area (Å²) in [5.74, 6) is 0. The molecule has 0 fully saturated rings. The molecule has 0 aliphatic heterocycles. The summed E-state index contributed by atoms with van der Waals surface area (Å²) in [4.78, 5) is 14.7. The number of rotatable bonds is 11. The number of aromatic amines is 1. The standard InChI is InChI=1S/C17H32N2O/c1-4-6-8-10-12-17(3,13-11-9-7-5-2)19-15-14-18-16(19)20/h14-15H,4-13H2,1-3H3,(H,18,20). The van der Waals surface area contributed by atoms with Gasteiger partial charge in [-0.1, -0.05) is 65.2 Å². The fourth-order valence-corrected chi connectivity index (χ4v) is 2.98. The van der Waals surface area contributed by atoms with Crippen LogP contribution in [-0.2, 0) is 5.54 Å². The van der Waals surface area contributed by atoms with Crippen molar-refractivity contribution in [3.05, 3.63) is 22.9 Å². The van der Waals surface area contributed by atoms with E-state index in [1.165, 1.54) is 51.4 Å². The third-order valence-electron chi connectivity index (χ3n) is 4.37. The number of H-pyrrole nitrogens is 1. The van der Waals surface area contributed by atoms with Crippen LogP contribution in [-0.4, -0.2) is 9.55 Å². The van der Waals surface area contributed by atoms with Crippen LogP contribution in [0.4, 0.5) is 0 Å². The molecule has 0 saturated carbocycles. The molecule has 3 nitrogen and oxygen atoms in total. The fraction of sp³-hybridized carbons (Fsp3) is 0.824. The minimum absolute atomic E-state index is 0.0153. The Morgan fingerprint density at radius 1 is 1.00 bits per heavy atom. The van der Waals surface area contributed by atoms with Crippen LogP contribution in [0.3, 0.4) is 0 Å². The fourth-order valence-electron chi connectivity index (χ4n) is 2.98. The summed E-state index contributed by atoms with van der Waals surface area (Å²) in [5.41, 5.74) is 0.0250. The monoisotopic (exact) mass is 280 g/mol. The molecule has 0 atom stereocenters. The summed E-state index contributed by atoms with van der Waals surface area (Å²) in [6.07, 6.45) is 16.0. The first-order valence-electron chi connectivity index (χ1n) is 8.40. The minimum atomic E-state index is -0.0153. The summed E-state index contributed by atoms with van der Waals surface area (Å²) in [6.45, 7) is 6.72. The topological polar surface area (TPSA) is 37.8 Å². The van der Waals surface area contributed by atoms with E-state index in [0.717, 1.165) is 12.8 Å². The normalized spacial score (nSPS) is 11.9. The molecule has 0 radical (unpaired) electrons. The van der Waals surface area contributed by atoms with E-state index < -0.39 is 0 Å². The third-order valence-corrected chi connectivity index (χ3v) is 4.37. The third kappa shape index (κ3) is 5.18. The van der Waals surface area contributed by atoms with Gasteiger partial charge in [-0.2, -0.15) is 0 Å². The maximum absolute atomic E-state index is 12.0. The molecule has 0 aromatic carbocycles. The van der Waals surface area contributed by atoms with E-state index in [1.54, 1.807) is 6.20 Å². The number of hydrogen-bond donors (Lipinski definition) is 1. The zero-order valence-electron chi connectivity index (χ0n) is 13.6. The van der Waals surface area contributed by atoms with Gasteiger partial charge in [-0.05, 0) is 19.8 Å². The SMILES string of the molecule is CCCCCCC(C)(CCCCCC)n1cc[nH]c1=O. The Balaban J connectivity index is 2.62. The number of nitrogens with zero attached hydrogens (tertiary/aromatic N) is 1. The average Bonchev–Trinajstić information content (AvgIpc) is 2.87. The van der Waals surface area contributed by atoms with Crippen molar-refractivity contribution in [3.63, 3.8) is 0 Å². The van der Waals surface area contributed by atoms with Crippen LogP contribution in [0.2, 0.25) is 0 Å². The highest BCUT2D eigenvalue weighted by molar-refractivity contribution is 4.89. The molecule has 0 aliphatic carbocycles. The molecule has 0 spiro atoms. The number of aromatic nitrogens is 2. The Kier molecular flexibility index (Phi) is 7.71. The van der Waals surface area contributed by atoms with E-state index in [-0.39, 0.29) is 11.2 Å². The second-order valence-electron chi connectivity index (χ2n) is 6.25. The summed E-state index contributed by atoms with van der Waals surface area (Å²) in [6, 6.07) is 0. The van der Waals surface area contributed by atoms with E-state index in [0.29, 0.717) is 0 Å². The van der Waals surface area contributed by atoms with Crippen molar-refractivity contribution >= 4 is 0 Å². The Hall–Kier alpha value is -0.990. The molecule has 3 heteroatoms. The number of hydrogen-bond acceptors (Lipinski definition) is 1. The smallest absolute Gasteiger partial charge is 0.313 e. The van der Waals surface area contributed by atoms with E-state index in [2.05, 4.69) is 25.8 Å². The van der Waals surface area contributed by atoms with Gasteiger partial charge in [0.25, 0.3) is 0 Å². The first-order chi connectivity index (χ1) is 9.64. The zero-order valence-corrected chi connectivity index (χ0v) is 13.6. The molecule has 1 aromatic heterocycles. The Morgan fingerprint density at radius 2 is 1.55 bits per heavy atom. The largest absolute Gasteiger partial charge is 0.325 e. The average molecular weight is 280 g/mol. The van der Waals surface area contributed by atoms with Gasteiger partial charge in [0.1, 0.15) is 0 Å². The second kappa shape index (κ2) is 9.04. The van der Waals surface area contributed by atoms with Crippen molar-refractivity contribution < 1.29 is 0 Å². The maximum atomic E-state index is 12.0. The lowest BCUT2D eigenvalue weighted by Gasteiger charge is -2.31. The van der Waals surface area contributed by atoms with Crippen LogP contribution in [0.25, 0.3) is 0 Å². The molecule has 1 aromatic rings. The van der Waals surface area contributed by atoms with E-state index in [4.69, 9.17) is 0 Å². The number of unbranched alkanes of at least 4 members (excludes halogenated alkanes) is 6. The summed E-state index contributed by atoms with van der Waals surface area (Å²) in [5, 5.41) is 0. The molecule has 1 N–H and O–H groups in total. The quantitative estimate of drug-likeness (QED) is 0.579. The first kappa shape index (κ1) is 17.1. The molecule has 0 bridgehead atoms. The van der Waals surface area contributed by atoms with Gasteiger partial charge in [-0.25, -0.2) is 4.79 Å². The van der Waals surface area contributed by atoms with Crippen LogP contribution >= 0.6 is 0 Å². The highest BCUT2D eigenvalue weighted by Gasteiger charge is 2.26. The molecule has 116 valence electrons. The predicted octanol–water partition coefficient (Wildman–Crippen LogP) is 4.83. The van der Waals surface area contributed by atoms with Crippen molar-refractivity contribution in [2.24, 2.45) is 0 Å². The predicted molar refractivity (Wildman–Crippen MR) is 86.2 cm³/mol. The molecular weight excluding hydrogens is 248 g/mol. The minimum Gasteiger partial charge on any atom is -0.313 e. The van der Waals surface area contributed by atoms with Gasteiger partial charge < -0.3 is 4.98 Å². The first-order valence-corrected chi connectivity index (χ1v) is 8.40. The van der Waals surface area contributed by atoms with Gasteiger partial charge in [-0.3, -0.25) is 4.57 Å². The van der Waals surface area contributed by atoms with E-state index in [9.17, 15) is 4.79 Å². The summed E-state index contributed by atoms with van der Waals surface area (Å²) in [7, 11) is 0. The van der Waals surface area contributed by atoms with Crippen LogP contribution in [0.15, 0.2) is 17.2 Å². The molecule has 0 unspecified atom stereocenters. The van der Waals surface area contributed by atoms with Crippen LogP contribution in [0, 0.1) is 0 Å². The molecule has 0 aliphatic rings. The molecule has 0 amide bonds. The maximum Gasteiger partial charge on any atom is 0.325 e. The Morgan fingerprint density at radius 3 is 1.95 bits per heavy atom. The molecule has 20 heavy (non-hydrogen) atoms. The molecule has 0 saturated heterocycles. The van der Waals surface area contributed by atoms with Crippen molar-refractivity contribution in [1.82, 2.24) is 9.55 Å². The lowest BCUT2D eigenvalue weighted by molar-refractivity contribution is 0.244. The van der Waals surface area contributed by atoms with Crippen molar-refractivity contribution in [3.8, 4) is 0 Å². The second-order valence-corrected chi connectivity index (χ2v) is 6.25. The highest BCUT2D eigenvalue weighted by Crippen LogP contribution is 2.29. The molecule has 1 rings (SSSR count). The van der Waals surface area contributed by atoms with Crippen LogP contribution in [0.1, 0.15) is 85.0 Å². The summed E-state index contributed by atoms with van der Waals surface area (Å²) >= 11 is 0. The van der Waals surface area contributed by atoms with E-state index in [1.807, 2.05) is 10.8 Å². The Bertz CT molecular complexity index is 393. The number of nitrogens with one attached hydrogen (secondary N) is 1. The van der Waals surface area contributed by atoms with Gasteiger partial charge in [0.2, 0.25) is 0 Å². The van der Waals surface area contributed by atoms with Gasteiger partial charge >= 0.3 is 5.69 Å². The lowest BCUT2D eigenvalue weighted by Crippen LogP contribution is -2.37. The van der Waals surface area contributed by atoms with Gasteiger partial charge in [0, 0.05) is 17.9 Å². The van der Waals surface area contributed by atoms with Crippen molar-refractivity contribution in [2.75, 3.05) is 0 Å². The van der Waals surface area contributed by atoms with Crippen LogP contribution < -0.4 is 5.69 Å². The zero-order chi connectivity index (χ0) is 14.8. The lowest BCUT2D eigenvalue weighted by atomic mass is 9.88. The van der Waals surface area contributed by atoms with Crippen molar-refractivity contribution in [2.45, 2.75) is 90.5 Å². The van der Waals surface area contributed by atoms with Gasteiger partial charge in [-0.15, -0.1) is 0 Å². The van der Waals surface area contributed by atoms with Crippen molar-refractivity contribution in [1.29, 1.82) is 0 Å². The molecule has 1 heterocycles. The number of imidazole rings is 1. The van der Waals surface area contributed by atoms with Crippen LogP contribution in [0.5, 0.6) is 0 Å². The Labute approximate surface area is 123 Å². The molecular formula is C17H32N2O. The van der Waals surface area contributed by atoms with Gasteiger partial charge in [0.15, 0.2) is 0 Å². The summed E-state index contributed by atoms with van der Waals surface area (Å²) < 4.78 is 1.92. The van der Waals surface area contributed by atoms with E-state index >= 15 is 0 Å². The highest BCUT2D eigenvalue weighted by atomic mass is 16.1.